The van der Waals surface area contributed by atoms with Gasteiger partial charge in [-0.1, -0.05) is 30.3 Å². The summed E-state index contributed by atoms with van der Waals surface area (Å²) < 4.78 is 9.85. The van der Waals surface area contributed by atoms with Crippen molar-refractivity contribution in [1.29, 1.82) is 0 Å². The van der Waals surface area contributed by atoms with Crippen LogP contribution in [0.3, 0.4) is 0 Å². The van der Waals surface area contributed by atoms with Crippen LogP contribution in [0.1, 0.15) is 24.0 Å². The van der Waals surface area contributed by atoms with E-state index >= 15 is 0 Å². The Balaban J connectivity index is 1.52. The average Bonchev–Trinajstić information content (AvgIpc) is 3.37. The third-order valence-corrected chi connectivity index (χ3v) is 6.27. The fourth-order valence-electron chi connectivity index (χ4n) is 4.52. The van der Waals surface area contributed by atoms with Gasteiger partial charge in [0.25, 0.3) is 5.91 Å². The molecule has 0 atom stereocenters. The molecule has 3 amide bonds. The molecule has 3 heterocycles. The van der Waals surface area contributed by atoms with E-state index in [-0.39, 0.29) is 12.5 Å². The zero-order chi connectivity index (χ0) is 21.8. The number of methoxy groups -OCH3 is 1. The molecule has 2 aliphatic rings. The third-order valence-electron chi connectivity index (χ3n) is 6.27. The number of furan rings is 1. The number of rotatable bonds is 7. The standard InChI is InChI=1S/C23H27N3O5/c1-30-20(27)16-25-21(28)23(9-12-24(13-10-23)15-19-8-14-31-17-19)26(22(25)29)11-7-18-5-3-2-4-6-18/h2-6,8,14,17H,7,9-13,15-16H2,1H3. The third kappa shape index (κ3) is 4.20. The van der Waals surface area contributed by atoms with Gasteiger partial charge in [-0.2, -0.15) is 0 Å². The van der Waals surface area contributed by atoms with Gasteiger partial charge in [-0.25, -0.2) is 4.79 Å². The molecule has 4 rings (SSSR count). The second kappa shape index (κ2) is 8.93. The van der Waals surface area contributed by atoms with Gasteiger partial charge >= 0.3 is 12.0 Å². The first-order valence-corrected chi connectivity index (χ1v) is 10.5. The summed E-state index contributed by atoms with van der Waals surface area (Å²) in [6.45, 7) is 2.17. The molecule has 0 radical (unpaired) electrons. The number of carbonyl (C=O) groups excluding carboxylic acids is 3. The number of urea groups is 1. The summed E-state index contributed by atoms with van der Waals surface area (Å²) in [6, 6.07) is 11.4. The fraction of sp³-hybridized carbons (Fsp3) is 0.435. The quantitative estimate of drug-likeness (QED) is 0.500. The minimum absolute atomic E-state index is 0.293. The van der Waals surface area contributed by atoms with Crippen molar-refractivity contribution in [2.45, 2.75) is 31.3 Å². The Morgan fingerprint density at radius 2 is 1.84 bits per heavy atom. The summed E-state index contributed by atoms with van der Waals surface area (Å²) in [6.07, 6.45) is 5.07. The fourth-order valence-corrected chi connectivity index (χ4v) is 4.52. The molecular formula is C23H27N3O5. The molecule has 0 aliphatic carbocycles. The van der Waals surface area contributed by atoms with Crippen molar-refractivity contribution in [1.82, 2.24) is 14.7 Å². The number of hydrogen-bond donors (Lipinski definition) is 0. The highest BCUT2D eigenvalue weighted by atomic mass is 16.5. The first kappa shape index (κ1) is 21.1. The highest BCUT2D eigenvalue weighted by Crippen LogP contribution is 2.37. The van der Waals surface area contributed by atoms with Crippen molar-refractivity contribution in [3.05, 3.63) is 60.1 Å². The SMILES string of the molecule is COC(=O)CN1C(=O)N(CCc2ccccc2)C2(CCN(Cc3ccoc3)CC2)C1=O. The van der Waals surface area contributed by atoms with Crippen molar-refractivity contribution in [3.63, 3.8) is 0 Å². The van der Waals surface area contributed by atoms with Gasteiger partial charge in [0.1, 0.15) is 12.1 Å². The van der Waals surface area contributed by atoms with Crippen LogP contribution in [0.4, 0.5) is 4.79 Å². The number of ether oxygens (including phenoxy) is 1. The van der Waals surface area contributed by atoms with Gasteiger partial charge in [0.15, 0.2) is 0 Å². The van der Waals surface area contributed by atoms with E-state index in [1.807, 2.05) is 36.4 Å². The lowest BCUT2D eigenvalue weighted by molar-refractivity contribution is -0.146. The maximum absolute atomic E-state index is 13.4. The Kier molecular flexibility index (Phi) is 6.08. The van der Waals surface area contributed by atoms with Gasteiger partial charge in [-0.15, -0.1) is 0 Å². The van der Waals surface area contributed by atoms with Crippen LogP contribution in [-0.4, -0.2) is 71.4 Å². The Morgan fingerprint density at radius 3 is 2.48 bits per heavy atom. The van der Waals surface area contributed by atoms with Crippen LogP contribution >= 0.6 is 0 Å². The summed E-state index contributed by atoms with van der Waals surface area (Å²) in [4.78, 5) is 43.4. The van der Waals surface area contributed by atoms with Crippen LogP contribution in [0.2, 0.25) is 0 Å². The number of benzene rings is 1. The number of hydrogen-bond acceptors (Lipinski definition) is 6. The number of likely N-dealkylation sites (tertiary alicyclic amines) is 1. The molecule has 2 aromatic rings. The molecule has 0 bridgehead atoms. The summed E-state index contributed by atoms with van der Waals surface area (Å²) in [7, 11) is 1.25. The van der Waals surface area contributed by atoms with Crippen LogP contribution in [0, 0.1) is 0 Å². The van der Waals surface area contributed by atoms with E-state index in [0.717, 1.165) is 22.6 Å². The zero-order valence-corrected chi connectivity index (χ0v) is 17.7. The second-order valence-corrected chi connectivity index (χ2v) is 8.08. The molecule has 1 aromatic carbocycles. The van der Waals surface area contributed by atoms with Crippen LogP contribution < -0.4 is 0 Å². The normalized spacial score (nSPS) is 18.7. The molecule has 2 aliphatic heterocycles. The Labute approximate surface area is 181 Å². The van der Waals surface area contributed by atoms with Gasteiger partial charge in [0.05, 0.1) is 19.6 Å². The van der Waals surface area contributed by atoms with Gasteiger partial charge in [0, 0.05) is 31.7 Å². The number of nitrogens with zero attached hydrogens (tertiary/aromatic N) is 3. The average molecular weight is 425 g/mol. The van der Waals surface area contributed by atoms with Crippen LogP contribution in [-0.2, 0) is 27.3 Å². The number of amides is 3. The lowest BCUT2D eigenvalue weighted by Gasteiger charge is -2.42. The Morgan fingerprint density at radius 1 is 1.10 bits per heavy atom. The van der Waals surface area contributed by atoms with Crippen LogP contribution in [0.5, 0.6) is 0 Å². The lowest BCUT2D eigenvalue weighted by atomic mass is 9.85. The molecule has 8 nitrogen and oxygen atoms in total. The molecular weight excluding hydrogens is 398 g/mol. The first-order valence-electron chi connectivity index (χ1n) is 10.5. The van der Waals surface area contributed by atoms with Crippen molar-refractivity contribution < 1.29 is 23.5 Å². The van der Waals surface area contributed by atoms with E-state index in [2.05, 4.69) is 4.90 Å². The van der Waals surface area contributed by atoms with Crippen LogP contribution in [0.15, 0.2) is 53.3 Å². The second-order valence-electron chi connectivity index (χ2n) is 8.08. The summed E-state index contributed by atoms with van der Waals surface area (Å²) in [5, 5.41) is 0. The van der Waals surface area contributed by atoms with Gasteiger partial charge < -0.3 is 14.1 Å². The van der Waals surface area contributed by atoms with E-state index in [9.17, 15) is 14.4 Å². The number of carbonyl (C=O) groups is 3. The van der Waals surface area contributed by atoms with Gasteiger partial charge in [-0.05, 0) is 30.9 Å². The minimum atomic E-state index is -0.910. The predicted molar refractivity (Wildman–Crippen MR) is 112 cm³/mol. The maximum Gasteiger partial charge on any atom is 0.328 e. The molecule has 0 unspecified atom stereocenters. The Hall–Kier alpha value is -3.13. The lowest BCUT2D eigenvalue weighted by Crippen LogP contribution is -2.56. The Bertz CT molecular complexity index is 920. The van der Waals surface area contributed by atoms with E-state index in [1.54, 1.807) is 17.4 Å². The molecule has 8 heteroatoms. The maximum atomic E-state index is 13.4. The highest BCUT2D eigenvalue weighted by Gasteiger charge is 2.58. The summed E-state index contributed by atoms with van der Waals surface area (Å²) in [5.41, 5.74) is 1.27. The molecule has 0 saturated carbocycles. The van der Waals surface area contributed by atoms with Crippen molar-refractivity contribution >= 4 is 17.9 Å². The van der Waals surface area contributed by atoms with Gasteiger partial charge in [-0.3, -0.25) is 19.4 Å². The topological polar surface area (TPSA) is 83.3 Å². The van der Waals surface area contributed by atoms with Gasteiger partial charge in [0.2, 0.25) is 0 Å². The molecule has 2 fully saturated rings. The highest BCUT2D eigenvalue weighted by molar-refractivity contribution is 6.08. The minimum Gasteiger partial charge on any atom is -0.472 e. The van der Waals surface area contributed by atoms with E-state index in [4.69, 9.17) is 9.15 Å². The first-order chi connectivity index (χ1) is 15.0. The van der Waals surface area contributed by atoms with Crippen LogP contribution in [0.25, 0.3) is 0 Å². The largest absolute Gasteiger partial charge is 0.472 e. The van der Waals surface area contributed by atoms with E-state index in [0.29, 0.717) is 38.9 Å². The zero-order valence-electron chi connectivity index (χ0n) is 17.7. The molecule has 164 valence electrons. The predicted octanol–water partition coefficient (Wildman–Crippen LogP) is 2.29. The van der Waals surface area contributed by atoms with E-state index < -0.39 is 17.5 Å². The molecule has 31 heavy (non-hydrogen) atoms. The monoisotopic (exact) mass is 425 g/mol. The van der Waals surface area contributed by atoms with Crippen molar-refractivity contribution in [3.8, 4) is 0 Å². The molecule has 1 spiro atoms. The smallest absolute Gasteiger partial charge is 0.328 e. The van der Waals surface area contributed by atoms with Crippen molar-refractivity contribution in [2.75, 3.05) is 33.3 Å². The number of esters is 1. The molecule has 2 saturated heterocycles. The number of piperidine rings is 1. The van der Waals surface area contributed by atoms with Crippen molar-refractivity contribution in [2.24, 2.45) is 0 Å². The molecule has 1 aromatic heterocycles. The summed E-state index contributed by atoms with van der Waals surface area (Å²) in [5.74, 6) is -0.891. The molecule has 0 N–H and O–H groups in total. The number of imide groups is 1. The summed E-state index contributed by atoms with van der Waals surface area (Å²) >= 11 is 0. The van der Waals surface area contributed by atoms with E-state index in [1.165, 1.54) is 7.11 Å².